The minimum atomic E-state index is -1.68. The summed E-state index contributed by atoms with van der Waals surface area (Å²) in [6, 6.07) is 5.28. The highest BCUT2D eigenvalue weighted by atomic mass is 16.5. The van der Waals surface area contributed by atoms with Gasteiger partial charge in [0, 0.05) is 25.2 Å². The summed E-state index contributed by atoms with van der Waals surface area (Å²) in [5.74, 6) is -6.66. The maximum Gasteiger partial charge on any atom is 0.547 e. The van der Waals surface area contributed by atoms with Gasteiger partial charge in [-0.1, -0.05) is 24.3 Å². The van der Waals surface area contributed by atoms with E-state index in [-0.39, 0.29) is 42.9 Å². The van der Waals surface area contributed by atoms with Gasteiger partial charge in [0.2, 0.25) is 5.91 Å². The fourth-order valence-electron chi connectivity index (χ4n) is 4.42. The van der Waals surface area contributed by atoms with Crippen LogP contribution in [-0.2, 0) is 20.8 Å². The third-order valence-corrected chi connectivity index (χ3v) is 6.50. The predicted molar refractivity (Wildman–Crippen MR) is 133 cm³/mol. The number of piperazine rings is 1. The molecule has 0 spiro atoms. The van der Waals surface area contributed by atoms with Crippen LogP contribution in [0.4, 0.5) is 4.79 Å². The van der Waals surface area contributed by atoms with E-state index in [2.05, 4.69) is 10.6 Å². The Hall–Kier alpha value is -4.79. The highest BCUT2D eigenvalue weighted by molar-refractivity contribution is 6.47. The quantitative estimate of drug-likeness (QED) is 0.156. The molecular weight excluding hydrogens is 515 g/mol. The fraction of sp³-hybridized carbons (Fsp3) is 0.292. The number of carbonyl (C=O) groups excluding carboxylic acids is 4. The number of amides is 5. The summed E-state index contributed by atoms with van der Waals surface area (Å²) in [4.78, 5) is 64.6. The Morgan fingerprint density at radius 3 is 2.51 bits per heavy atom. The maximum absolute atomic E-state index is 13.4. The fourth-order valence-corrected chi connectivity index (χ4v) is 4.42. The van der Waals surface area contributed by atoms with Crippen LogP contribution in [0.15, 0.2) is 36.4 Å². The van der Waals surface area contributed by atoms with E-state index in [1.165, 1.54) is 29.2 Å². The molecule has 0 aliphatic carbocycles. The number of carbonyl (C=O) groups is 5. The smallest absolute Gasteiger partial charge is 0.534 e. The van der Waals surface area contributed by atoms with Crippen LogP contribution in [0.3, 0.4) is 0 Å². The number of likely N-dealkylation sites (N-methyl/N-ethyl adjacent to an activating group) is 1. The number of carboxylic acid groups (broad SMARTS) is 1. The molecule has 1 fully saturated rings. The third-order valence-electron chi connectivity index (χ3n) is 6.50. The van der Waals surface area contributed by atoms with E-state index in [0.717, 1.165) is 6.07 Å². The number of phenolic OH excluding ortho intramolecular Hbond substituents is 2. The van der Waals surface area contributed by atoms with E-state index in [9.17, 15) is 44.3 Å². The number of carboxylic acids is 1. The first-order valence-corrected chi connectivity index (χ1v) is 12.0. The summed E-state index contributed by atoms with van der Waals surface area (Å²) >= 11 is 0. The standard InChI is InChI=1S/C24H25BN4O10/c1-2-28-9-10-29(22(34)21(28)33)24(37)27-17(13-6-4-8-15(30)18(13)31)20(32)26-16-11-12-5-3-7-14(23(35)36)19(12)39-25(16)38/h3-8,16-17,30-31,38H,2,9-11H2,1H3,(H,26,32)(H,27,37)(H,35,36)/t16-,17?/m0/s1. The van der Waals surface area contributed by atoms with Gasteiger partial charge in [-0.3, -0.25) is 19.3 Å². The van der Waals surface area contributed by atoms with Crippen LogP contribution in [0, 0.1) is 0 Å². The summed E-state index contributed by atoms with van der Waals surface area (Å²) in [5.41, 5.74) is -0.00988. The Morgan fingerprint density at radius 1 is 1.10 bits per heavy atom. The molecule has 204 valence electrons. The number of para-hydroxylation sites is 2. The van der Waals surface area contributed by atoms with Crippen LogP contribution in [-0.4, -0.2) is 92.6 Å². The van der Waals surface area contributed by atoms with E-state index in [1.807, 2.05) is 0 Å². The summed E-state index contributed by atoms with van der Waals surface area (Å²) in [6.07, 6.45) is -0.0397. The second kappa shape index (κ2) is 10.9. The molecule has 15 heteroatoms. The lowest BCUT2D eigenvalue weighted by Gasteiger charge is -2.33. The molecule has 2 heterocycles. The van der Waals surface area contributed by atoms with Gasteiger partial charge in [0.15, 0.2) is 11.5 Å². The van der Waals surface area contributed by atoms with Crippen LogP contribution in [0.5, 0.6) is 17.2 Å². The van der Waals surface area contributed by atoms with E-state index < -0.39 is 60.3 Å². The molecule has 2 aromatic carbocycles. The molecule has 2 aromatic rings. The molecule has 2 aliphatic rings. The van der Waals surface area contributed by atoms with Crippen LogP contribution >= 0.6 is 0 Å². The van der Waals surface area contributed by atoms with Crippen LogP contribution in [0.1, 0.15) is 34.5 Å². The van der Waals surface area contributed by atoms with Crippen molar-refractivity contribution in [1.82, 2.24) is 20.4 Å². The Bertz CT molecular complexity index is 1350. The average molecular weight is 540 g/mol. The molecule has 0 saturated carbocycles. The van der Waals surface area contributed by atoms with Crippen molar-refractivity contribution in [3.05, 3.63) is 53.1 Å². The lowest BCUT2D eigenvalue weighted by atomic mass is 9.72. The van der Waals surface area contributed by atoms with Gasteiger partial charge in [-0.05, 0) is 31.0 Å². The largest absolute Gasteiger partial charge is 0.547 e. The first-order chi connectivity index (χ1) is 18.5. The number of hydrogen-bond acceptors (Lipinski definition) is 9. The maximum atomic E-state index is 13.4. The molecule has 39 heavy (non-hydrogen) atoms. The number of benzene rings is 2. The normalized spacial score (nSPS) is 17.7. The van der Waals surface area contributed by atoms with Crippen molar-refractivity contribution in [3.8, 4) is 17.2 Å². The van der Waals surface area contributed by atoms with E-state index in [4.69, 9.17) is 4.65 Å². The van der Waals surface area contributed by atoms with Crippen LogP contribution < -0.4 is 15.3 Å². The van der Waals surface area contributed by atoms with Crippen molar-refractivity contribution in [3.63, 3.8) is 0 Å². The Morgan fingerprint density at radius 2 is 1.82 bits per heavy atom. The molecule has 4 rings (SSSR count). The Kier molecular flexibility index (Phi) is 7.62. The molecule has 6 N–H and O–H groups in total. The zero-order valence-electron chi connectivity index (χ0n) is 20.7. The summed E-state index contributed by atoms with van der Waals surface area (Å²) < 4.78 is 5.38. The number of hydrogen-bond donors (Lipinski definition) is 6. The molecule has 0 bridgehead atoms. The van der Waals surface area contributed by atoms with Crippen molar-refractivity contribution in [2.75, 3.05) is 19.6 Å². The van der Waals surface area contributed by atoms with E-state index >= 15 is 0 Å². The third kappa shape index (κ3) is 5.29. The summed E-state index contributed by atoms with van der Waals surface area (Å²) in [6.45, 7) is 1.90. The summed E-state index contributed by atoms with van der Waals surface area (Å²) in [7, 11) is -1.67. The van der Waals surface area contributed by atoms with Crippen LogP contribution in [0.25, 0.3) is 0 Å². The van der Waals surface area contributed by atoms with Crippen molar-refractivity contribution >= 4 is 36.8 Å². The van der Waals surface area contributed by atoms with Gasteiger partial charge < -0.3 is 40.5 Å². The summed E-state index contributed by atoms with van der Waals surface area (Å²) in [5, 5.41) is 45.1. The lowest BCUT2D eigenvalue weighted by Crippen LogP contribution is -2.60. The Labute approximate surface area is 221 Å². The molecule has 5 amide bonds. The van der Waals surface area contributed by atoms with Gasteiger partial charge in [0.1, 0.15) is 11.8 Å². The molecular formula is C24H25BN4O10. The number of fused-ring (bicyclic) bond motifs is 1. The number of aromatic hydroxyl groups is 2. The van der Waals surface area contributed by atoms with Gasteiger partial charge in [-0.2, -0.15) is 0 Å². The average Bonchev–Trinajstić information content (AvgIpc) is 2.90. The van der Waals surface area contributed by atoms with Gasteiger partial charge in [-0.25, -0.2) is 9.59 Å². The highest BCUT2D eigenvalue weighted by Crippen LogP contribution is 2.34. The molecule has 2 aliphatic heterocycles. The topological polar surface area (TPSA) is 206 Å². The van der Waals surface area contributed by atoms with Crippen molar-refractivity contribution in [1.29, 1.82) is 0 Å². The Balaban J connectivity index is 1.59. The molecule has 1 unspecified atom stereocenters. The van der Waals surface area contributed by atoms with Crippen LogP contribution in [0.2, 0.25) is 0 Å². The number of rotatable bonds is 6. The van der Waals surface area contributed by atoms with Gasteiger partial charge in [0.25, 0.3) is 0 Å². The zero-order chi connectivity index (χ0) is 28.4. The van der Waals surface area contributed by atoms with E-state index in [0.29, 0.717) is 10.5 Å². The van der Waals surface area contributed by atoms with Crippen molar-refractivity contribution in [2.45, 2.75) is 25.3 Å². The van der Waals surface area contributed by atoms with Gasteiger partial charge in [0.05, 0.1) is 11.5 Å². The lowest BCUT2D eigenvalue weighted by molar-refractivity contribution is -0.153. The number of phenols is 2. The van der Waals surface area contributed by atoms with Crippen molar-refractivity contribution < 1.29 is 49.0 Å². The minimum Gasteiger partial charge on any atom is -0.534 e. The number of nitrogens with zero attached hydrogens (tertiary/aromatic N) is 2. The van der Waals surface area contributed by atoms with E-state index in [1.54, 1.807) is 13.0 Å². The number of imide groups is 1. The molecule has 1 saturated heterocycles. The molecule has 2 atom stereocenters. The molecule has 0 radical (unpaired) electrons. The minimum absolute atomic E-state index is 0.0397. The zero-order valence-corrected chi connectivity index (χ0v) is 20.7. The monoisotopic (exact) mass is 540 g/mol. The molecule has 14 nitrogen and oxygen atoms in total. The second-order valence-electron chi connectivity index (χ2n) is 8.87. The number of nitrogens with one attached hydrogen (secondary N) is 2. The number of aromatic carboxylic acids is 1. The second-order valence-corrected chi connectivity index (χ2v) is 8.87. The first-order valence-electron chi connectivity index (χ1n) is 12.0. The first kappa shape index (κ1) is 27.3. The van der Waals surface area contributed by atoms with Crippen molar-refractivity contribution in [2.24, 2.45) is 0 Å². The number of urea groups is 1. The van der Waals surface area contributed by atoms with Gasteiger partial charge in [-0.15, -0.1) is 0 Å². The SMILES string of the molecule is CCN1CCN(C(=O)NC(C(=O)N[C@H]2Cc3cccc(C(=O)O)c3OB2O)c2cccc(O)c2O)C(=O)C1=O. The molecule has 0 aromatic heterocycles. The van der Waals surface area contributed by atoms with Gasteiger partial charge >= 0.3 is 30.9 Å². The predicted octanol–water partition coefficient (Wildman–Crippen LogP) is -0.623. The highest BCUT2D eigenvalue weighted by Gasteiger charge is 2.41.